The number of carbonyl (C=O) groups is 1. The molecule has 1 amide bonds. The zero-order chi connectivity index (χ0) is 9.14. The molecule has 0 aliphatic rings. The van der Waals surface area contributed by atoms with Crippen LogP contribution in [0.25, 0.3) is 0 Å². The monoisotopic (exact) mass is 183 g/mol. The average molecular weight is 184 g/mol. The first-order valence-electron chi connectivity index (χ1n) is 3.62. The quantitative estimate of drug-likeness (QED) is 0.612. The Labute approximate surface area is 76.9 Å². The molecule has 0 aliphatic carbocycles. The normalized spacial score (nSPS) is 9.58. The molecule has 0 saturated heterocycles. The van der Waals surface area contributed by atoms with Crippen molar-refractivity contribution in [1.29, 1.82) is 0 Å². The van der Waals surface area contributed by atoms with Gasteiger partial charge in [-0.2, -0.15) is 0 Å². The molecule has 0 atom stereocenters. The van der Waals surface area contributed by atoms with E-state index in [0.717, 1.165) is 9.98 Å². The van der Waals surface area contributed by atoms with Crippen molar-refractivity contribution < 1.29 is 4.79 Å². The molecular weight excluding hydrogens is 174 g/mol. The lowest BCUT2D eigenvalue weighted by Crippen LogP contribution is -2.17. The summed E-state index contributed by atoms with van der Waals surface area (Å²) in [5.74, 6) is -0.172. The fraction of sp³-hybridized carbons (Fsp3) is 0.222. The Hall–Kier alpha value is -1.02. The van der Waals surface area contributed by atoms with Crippen LogP contribution in [0.2, 0.25) is 0 Å². The van der Waals surface area contributed by atoms with Crippen molar-refractivity contribution in [2.45, 2.75) is 6.92 Å². The molecular formula is C9H10ClNO. The molecule has 0 unspecified atom stereocenters. The molecule has 1 rings (SSSR count). The van der Waals surface area contributed by atoms with Crippen molar-refractivity contribution in [2.75, 3.05) is 7.05 Å². The molecule has 0 radical (unpaired) electrons. The van der Waals surface area contributed by atoms with Gasteiger partial charge < -0.3 is 0 Å². The lowest BCUT2D eigenvalue weighted by Gasteiger charge is -2.08. The summed E-state index contributed by atoms with van der Waals surface area (Å²) >= 11 is 5.52. The smallest absolute Gasteiger partial charge is 0.268 e. The molecule has 1 aromatic rings. The van der Waals surface area contributed by atoms with E-state index >= 15 is 0 Å². The van der Waals surface area contributed by atoms with Gasteiger partial charge in [0.2, 0.25) is 0 Å². The van der Waals surface area contributed by atoms with E-state index in [1.807, 2.05) is 25.1 Å². The van der Waals surface area contributed by atoms with E-state index < -0.39 is 0 Å². The summed E-state index contributed by atoms with van der Waals surface area (Å²) < 4.78 is 1.06. The first-order chi connectivity index (χ1) is 5.63. The third-order valence-electron chi connectivity index (χ3n) is 1.66. The lowest BCUT2D eigenvalue weighted by molar-refractivity contribution is 0.0884. The number of halogens is 1. The van der Waals surface area contributed by atoms with Crippen LogP contribution in [0.15, 0.2) is 24.3 Å². The molecule has 0 heterocycles. The van der Waals surface area contributed by atoms with Gasteiger partial charge in [-0.25, -0.2) is 0 Å². The van der Waals surface area contributed by atoms with Gasteiger partial charge in [0.05, 0.1) is 0 Å². The lowest BCUT2D eigenvalue weighted by atomic mass is 10.1. The van der Waals surface area contributed by atoms with E-state index in [2.05, 4.69) is 0 Å². The third kappa shape index (κ3) is 1.77. The summed E-state index contributed by atoms with van der Waals surface area (Å²) in [5, 5.41) is 0. The number of hydrogen-bond donors (Lipinski definition) is 0. The number of benzene rings is 1. The molecule has 0 saturated carbocycles. The van der Waals surface area contributed by atoms with Crippen LogP contribution in [0, 0.1) is 6.92 Å². The zero-order valence-electron chi connectivity index (χ0n) is 7.04. The van der Waals surface area contributed by atoms with Gasteiger partial charge in [0, 0.05) is 24.4 Å². The Kier molecular flexibility index (Phi) is 2.71. The average Bonchev–Trinajstić information content (AvgIpc) is 2.04. The van der Waals surface area contributed by atoms with Gasteiger partial charge in [0.1, 0.15) is 0 Å². The van der Waals surface area contributed by atoms with E-state index in [0.29, 0.717) is 5.56 Å². The molecule has 2 nitrogen and oxygen atoms in total. The third-order valence-corrected chi connectivity index (χ3v) is 1.81. The molecule has 0 fully saturated rings. The first kappa shape index (κ1) is 9.07. The van der Waals surface area contributed by atoms with Crippen molar-refractivity contribution in [3.63, 3.8) is 0 Å². The second kappa shape index (κ2) is 3.59. The zero-order valence-corrected chi connectivity index (χ0v) is 7.80. The van der Waals surface area contributed by atoms with Crippen LogP contribution in [-0.2, 0) is 0 Å². The van der Waals surface area contributed by atoms with Gasteiger partial charge in [-0.3, -0.25) is 9.21 Å². The highest BCUT2D eigenvalue weighted by atomic mass is 35.5. The molecule has 64 valence electrons. The second-order valence-electron chi connectivity index (χ2n) is 2.60. The maximum atomic E-state index is 11.4. The molecule has 0 aromatic heterocycles. The highest BCUT2D eigenvalue weighted by molar-refractivity contribution is 6.23. The molecule has 0 N–H and O–H groups in total. The van der Waals surface area contributed by atoms with E-state index in [1.54, 1.807) is 6.07 Å². The standard InChI is InChI=1S/C9H10ClNO/c1-7-5-3-4-6-8(7)9(12)11(2)10/h3-6H,1-2H3. The van der Waals surface area contributed by atoms with E-state index in [1.165, 1.54) is 7.05 Å². The number of amides is 1. The molecule has 1 aromatic carbocycles. The van der Waals surface area contributed by atoms with Crippen LogP contribution in [0.4, 0.5) is 0 Å². The Morgan fingerprint density at radius 1 is 1.42 bits per heavy atom. The fourth-order valence-corrected chi connectivity index (χ4v) is 1.07. The number of nitrogens with zero attached hydrogens (tertiary/aromatic N) is 1. The Balaban J connectivity index is 3.03. The van der Waals surface area contributed by atoms with E-state index in [-0.39, 0.29) is 5.91 Å². The van der Waals surface area contributed by atoms with Gasteiger partial charge in [-0.1, -0.05) is 18.2 Å². The summed E-state index contributed by atoms with van der Waals surface area (Å²) in [6, 6.07) is 7.35. The fourth-order valence-electron chi connectivity index (χ4n) is 0.979. The first-order valence-corrected chi connectivity index (χ1v) is 3.96. The maximum Gasteiger partial charge on any atom is 0.268 e. The molecule has 12 heavy (non-hydrogen) atoms. The minimum absolute atomic E-state index is 0.172. The number of hydrogen-bond acceptors (Lipinski definition) is 1. The van der Waals surface area contributed by atoms with Gasteiger partial charge in [0.25, 0.3) is 5.91 Å². The number of rotatable bonds is 1. The van der Waals surface area contributed by atoms with Crippen LogP contribution in [0.1, 0.15) is 15.9 Å². The minimum Gasteiger partial charge on any atom is -0.268 e. The van der Waals surface area contributed by atoms with Crippen molar-refractivity contribution in [3.8, 4) is 0 Å². The topological polar surface area (TPSA) is 20.3 Å². The highest BCUT2D eigenvalue weighted by Gasteiger charge is 2.10. The summed E-state index contributed by atoms with van der Waals surface area (Å²) in [6.07, 6.45) is 0. The molecule has 3 heteroatoms. The van der Waals surface area contributed by atoms with Crippen LogP contribution in [-0.4, -0.2) is 17.4 Å². The van der Waals surface area contributed by atoms with Crippen LogP contribution >= 0.6 is 11.8 Å². The van der Waals surface area contributed by atoms with Gasteiger partial charge >= 0.3 is 0 Å². The molecule has 0 bridgehead atoms. The maximum absolute atomic E-state index is 11.4. The van der Waals surface area contributed by atoms with E-state index in [4.69, 9.17) is 11.8 Å². The summed E-state index contributed by atoms with van der Waals surface area (Å²) in [6.45, 7) is 1.88. The number of aryl methyl sites for hydroxylation is 1. The van der Waals surface area contributed by atoms with Gasteiger partial charge in [-0.15, -0.1) is 0 Å². The van der Waals surface area contributed by atoms with Crippen LogP contribution < -0.4 is 0 Å². The van der Waals surface area contributed by atoms with Crippen molar-refractivity contribution >= 4 is 17.7 Å². The predicted molar refractivity (Wildman–Crippen MR) is 49.1 cm³/mol. The van der Waals surface area contributed by atoms with Gasteiger partial charge in [0.15, 0.2) is 0 Å². The van der Waals surface area contributed by atoms with Crippen molar-refractivity contribution in [2.24, 2.45) is 0 Å². The predicted octanol–water partition coefficient (Wildman–Crippen LogP) is 2.22. The molecule has 0 aliphatic heterocycles. The molecule has 0 spiro atoms. The van der Waals surface area contributed by atoms with Gasteiger partial charge in [-0.05, 0) is 18.6 Å². The SMILES string of the molecule is Cc1ccccc1C(=O)N(C)Cl. The summed E-state index contributed by atoms with van der Waals surface area (Å²) in [5.41, 5.74) is 1.59. The minimum atomic E-state index is -0.172. The van der Waals surface area contributed by atoms with Crippen molar-refractivity contribution in [3.05, 3.63) is 35.4 Å². The highest BCUT2D eigenvalue weighted by Crippen LogP contribution is 2.10. The Morgan fingerprint density at radius 2 is 2.00 bits per heavy atom. The van der Waals surface area contributed by atoms with Crippen molar-refractivity contribution in [1.82, 2.24) is 4.42 Å². The second-order valence-corrected chi connectivity index (χ2v) is 3.10. The summed E-state index contributed by atoms with van der Waals surface area (Å²) in [7, 11) is 1.52. The Morgan fingerprint density at radius 3 is 2.50 bits per heavy atom. The van der Waals surface area contributed by atoms with E-state index in [9.17, 15) is 4.79 Å². The van der Waals surface area contributed by atoms with Crippen LogP contribution in [0.5, 0.6) is 0 Å². The summed E-state index contributed by atoms with van der Waals surface area (Å²) in [4.78, 5) is 11.4. The largest absolute Gasteiger partial charge is 0.268 e. The number of carbonyl (C=O) groups excluding carboxylic acids is 1. The Bertz CT molecular complexity index is 296. The van der Waals surface area contributed by atoms with Crippen LogP contribution in [0.3, 0.4) is 0 Å².